The van der Waals surface area contributed by atoms with Crippen LogP contribution in [0.1, 0.15) is 51.7 Å². The Hall–Kier alpha value is -2.70. The summed E-state index contributed by atoms with van der Waals surface area (Å²) in [7, 11) is 2.70. The fraction of sp³-hybridized carbons (Fsp3) is 0.312. The predicted octanol–water partition coefficient (Wildman–Crippen LogP) is 8.39. The SMILES string of the molecule is C#Cc1cccc(S(=C)NCCC)c1.C=C(C=C(C)C)c1ccccc1NC.CPC1=C(C)CCN=C1. The summed E-state index contributed by atoms with van der Waals surface area (Å²) in [5, 5.41) is 4.62. The third-order valence-electron chi connectivity index (χ3n) is 5.38. The minimum Gasteiger partial charge on any atom is -0.388 e. The van der Waals surface area contributed by atoms with E-state index < -0.39 is 0 Å². The number of para-hydroxylation sites is 1. The molecule has 5 heteroatoms. The summed E-state index contributed by atoms with van der Waals surface area (Å²) < 4.78 is 3.35. The van der Waals surface area contributed by atoms with Gasteiger partial charge >= 0.3 is 0 Å². The van der Waals surface area contributed by atoms with Crippen molar-refractivity contribution in [1.29, 1.82) is 0 Å². The third kappa shape index (κ3) is 12.4. The molecule has 0 saturated heterocycles. The Morgan fingerprint density at radius 1 is 1.22 bits per heavy atom. The van der Waals surface area contributed by atoms with E-state index >= 15 is 0 Å². The van der Waals surface area contributed by atoms with E-state index in [1.807, 2.05) is 43.6 Å². The maximum absolute atomic E-state index is 5.33. The second-order valence-corrected chi connectivity index (χ2v) is 11.3. The number of aliphatic imine (C=N–C) groups is 1. The average molecular weight is 534 g/mol. The largest absolute Gasteiger partial charge is 0.388 e. The van der Waals surface area contributed by atoms with Crippen LogP contribution < -0.4 is 10.0 Å². The van der Waals surface area contributed by atoms with Crippen LogP contribution in [-0.4, -0.2) is 38.9 Å². The van der Waals surface area contributed by atoms with Crippen molar-refractivity contribution in [1.82, 2.24) is 4.72 Å². The summed E-state index contributed by atoms with van der Waals surface area (Å²) in [6, 6.07) is 16.2. The first-order valence-corrected chi connectivity index (χ1v) is 15.5. The van der Waals surface area contributed by atoms with Gasteiger partial charge in [0.1, 0.15) is 0 Å². The van der Waals surface area contributed by atoms with E-state index in [9.17, 15) is 0 Å². The van der Waals surface area contributed by atoms with E-state index in [4.69, 9.17) is 6.42 Å². The van der Waals surface area contributed by atoms with Crippen molar-refractivity contribution < 1.29 is 0 Å². The fourth-order valence-corrected chi connectivity index (χ4v) is 5.27. The molecular formula is C32H44N3PS. The van der Waals surface area contributed by atoms with Crippen LogP contribution in [-0.2, 0) is 0 Å². The Morgan fingerprint density at radius 2 is 1.95 bits per heavy atom. The Bertz CT molecular complexity index is 1160. The molecule has 0 spiro atoms. The first-order chi connectivity index (χ1) is 17.8. The van der Waals surface area contributed by atoms with Gasteiger partial charge in [0.15, 0.2) is 0 Å². The molecule has 0 aliphatic carbocycles. The predicted molar refractivity (Wildman–Crippen MR) is 175 cm³/mol. The molecule has 0 bridgehead atoms. The summed E-state index contributed by atoms with van der Waals surface area (Å²) in [5.41, 5.74) is 7.05. The van der Waals surface area contributed by atoms with Crippen molar-refractivity contribution in [3.05, 3.63) is 88.8 Å². The smallest absolute Gasteiger partial charge is 0.0426 e. The molecule has 2 N–H and O–H groups in total. The summed E-state index contributed by atoms with van der Waals surface area (Å²) in [4.78, 5) is 5.38. The summed E-state index contributed by atoms with van der Waals surface area (Å²) >= 11 is 0. The van der Waals surface area contributed by atoms with Crippen molar-refractivity contribution >= 4 is 42.6 Å². The molecule has 0 saturated carbocycles. The highest BCUT2D eigenvalue weighted by Gasteiger charge is 2.02. The van der Waals surface area contributed by atoms with Crippen LogP contribution in [0.3, 0.4) is 0 Å². The minimum absolute atomic E-state index is 0.141. The van der Waals surface area contributed by atoms with E-state index in [0.717, 1.165) is 50.5 Å². The van der Waals surface area contributed by atoms with Gasteiger partial charge in [-0.2, -0.15) is 0 Å². The zero-order chi connectivity index (χ0) is 27.6. The van der Waals surface area contributed by atoms with Crippen LogP contribution in [0.4, 0.5) is 5.69 Å². The van der Waals surface area contributed by atoms with E-state index in [1.165, 1.54) is 27.8 Å². The van der Waals surface area contributed by atoms with Crippen LogP contribution in [0.25, 0.3) is 5.57 Å². The van der Waals surface area contributed by atoms with Gasteiger partial charge in [-0.15, -0.1) is 6.42 Å². The molecule has 1 heterocycles. The molecule has 2 aromatic rings. The Kier molecular flexibility index (Phi) is 16.2. The van der Waals surface area contributed by atoms with E-state index in [-0.39, 0.29) is 10.7 Å². The lowest BCUT2D eigenvalue weighted by molar-refractivity contribution is 0.876. The normalized spacial score (nSPS) is 13.0. The summed E-state index contributed by atoms with van der Waals surface area (Å²) in [6.07, 6.45) is 11.7. The molecule has 198 valence electrons. The standard InChI is InChI=1S/C13H17N.C12H15NS.C7H12NP/c1-10(2)9-11(3)12-7-5-6-8-13(12)14-4;1-4-9-13-14(3)12-8-6-7-11(5-2)10-12;1-6-3-4-8-5-7(6)9-2/h5-9,14H,3H2,1-2,4H3;2,6-8,10,13H,3-4,9H2,1H3;5,9H,3-4H2,1-2H3. The number of allylic oxidation sites excluding steroid dienone is 4. The van der Waals surface area contributed by atoms with Gasteiger partial charge in [0.2, 0.25) is 0 Å². The van der Waals surface area contributed by atoms with Crippen molar-refractivity contribution in [2.75, 3.05) is 32.1 Å². The fourth-order valence-electron chi connectivity index (χ4n) is 3.37. The van der Waals surface area contributed by atoms with Gasteiger partial charge in [0.05, 0.1) is 0 Å². The molecule has 2 aromatic carbocycles. The van der Waals surface area contributed by atoms with Gasteiger partial charge in [-0.1, -0.05) is 86.0 Å². The third-order valence-corrected chi connectivity index (χ3v) is 7.85. The zero-order valence-corrected chi connectivity index (χ0v) is 25.3. The molecule has 0 fully saturated rings. The summed E-state index contributed by atoms with van der Waals surface area (Å²) in [5.74, 6) is 6.70. The molecule has 0 amide bonds. The second-order valence-electron chi connectivity index (χ2n) is 8.73. The van der Waals surface area contributed by atoms with Crippen molar-refractivity contribution in [3.63, 3.8) is 0 Å². The number of hydrogen-bond acceptors (Lipinski definition) is 3. The number of dihydropyridines is 1. The number of terminal acetylenes is 1. The van der Waals surface area contributed by atoms with Gasteiger partial charge < -0.3 is 5.32 Å². The van der Waals surface area contributed by atoms with Gasteiger partial charge in [0.25, 0.3) is 0 Å². The average Bonchev–Trinajstić information content (AvgIpc) is 2.92. The molecule has 0 radical (unpaired) electrons. The molecule has 2 unspecified atom stereocenters. The quantitative estimate of drug-likeness (QED) is 0.155. The Balaban J connectivity index is 0.000000285. The maximum atomic E-state index is 5.33. The first-order valence-electron chi connectivity index (χ1n) is 12.6. The van der Waals surface area contributed by atoms with Crippen LogP contribution in [0.5, 0.6) is 0 Å². The number of nitrogens with one attached hydrogen (secondary N) is 2. The minimum atomic E-state index is -0.141. The van der Waals surface area contributed by atoms with Crippen molar-refractivity contribution in [2.45, 2.75) is 45.4 Å². The molecule has 2 atom stereocenters. The highest BCUT2D eigenvalue weighted by atomic mass is 32.2. The van der Waals surface area contributed by atoms with Crippen LogP contribution >= 0.6 is 19.3 Å². The molecule has 37 heavy (non-hydrogen) atoms. The van der Waals surface area contributed by atoms with Crippen LogP contribution in [0, 0.1) is 12.3 Å². The Morgan fingerprint density at radius 3 is 2.51 bits per heavy atom. The lowest BCUT2D eigenvalue weighted by Crippen LogP contribution is -2.06. The van der Waals surface area contributed by atoms with E-state index in [1.54, 1.807) is 0 Å². The van der Waals surface area contributed by atoms with Gasteiger partial charge in [-0.25, -0.2) is 0 Å². The number of anilines is 1. The second kappa shape index (κ2) is 18.5. The van der Waals surface area contributed by atoms with Gasteiger partial charge in [0, 0.05) is 48.1 Å². The van der Waals surface area contributed by atoms with E-state index in [0.29, 0.717) is 0 Å². The number of hydrogen-bond donors (Lipinski definition) is 2. The van der Waals surface area contributed by atoms with E-state index in [2.05, 4.69) is 92.0 Å². The highest BCUT2D eigenvalue weighted by Crippen LogP contribution is 2.25. The van der Waals surface area contributed by atoms with Gasteiger partial charge in [-0.3, -0.25) is 9.71 Å². The molecule has 3 rings (SSSR count). The first kappa shape index (κ1) is 32.3. The van der Waals surface area contributed by atoms with Crippen LogP contribution in [0.15, 0.2) is 87.5 Å². The molecule has 1 aliphatic heterocycles. The van der Waals surface area contributed by atoms with Crippen molar-refractivity contribution in [2.24, 2.45) is 4.99 Å². The number of rotatable bonds is 8. The monoisotopic (exact) mass is 533 g/mol. The lowest BCUT2D eigenvalue weighted by atomic mass is 10.0. The topological polar surface area (TPSA) is 36.4 Å². The molecule has 0 aromatic heterocycles. The highest BCUT2D eigenvalue weighted by molar-refractivity contribution is 8.12. The number of benzene rings is 2. The van der Waals surface area contributed by atoms with Gasteiger partial charge in [-0.05, 0) is 75.4 Å². The van der Waals surface area contributed by atoms with Crippen LogP contribution in [0.2, 0.25) is 0 Å². The molecule has 3 nitrogen and oxygen atoms in total. The van der Waals surface area contributed by atoms with Crippen molar-refractivity contribution in [3.8, 4) is 12.3 Å². The lowest BCUT2D eigenvalue weighted by Gasteiger charge is -2.08. The maximum Gasteiger partial charge on any atom is 0.0426 e. The Labute approximate surface area is 230 Å². The molecular weight excluding hydrogens is 489 g/mol. The number of nitrogens with zero attached hydrogens (tertiary/aromatic N) is 1. The molecule has 1 aliphatic rings. The summed E-state index contributed by atoms with van der Waals surface area (Å²) in [6.45, 7) is 16.8. The zero-order valence-electron chi connectivity index (χ0n) is 23.4.